The van der Waals surface area contributed by atoms with Crippen LogP contribution in [0, 0.1) is 5.92 Å². The van der Waals surface area contributed by atoms with Crippen molar-refractivity contribution in [2.45, 2.75) is 53.1 Å². The van der Waals surface area contributed by atoms with Crippen LogP contribution in [0.4, 0.5) is 0 Å². The van der Waals surface area contributed by atoms with Crippen molar-refractivity contribution >= 4 is 12.0 Å². The maximum Gasteiger partial charge on any atom is 0.165 e. The Morgan fingerprint density at radius 3 is 2.52 bits per heavy atom. The number of nitrogens with zero attached hydrogens (tertiary/aromatic N) is 1. The van der Waals surface area contributed by atoms with E-state index >= 15 is 0 Å². The van der Waals surface area contributed by atoms with Gasteiger partial charge in [-0.25, -0.2) is 0 Å². The van der Waals surface area contributed by atoms with Crippen LogP contribution in [0.2, 0.25) is 0 Å². The third kappa shape index (κ3) is 5.76. The average Bonchev–Trinajstić information content (AvgIpc) is 3.38. The molecule has 0 heterocycles. The summed E-state index contributed by atoms with van der Waals surface area (Å²) in [6.45, 7) is 7.44. The normalized spacial score (nSPS) is 14.2. The van der Waals surface area contributed by atoms with Gasteiger partial charge in [0.25, 0.3) is 0 Å². The van der Waals surface area contributed by atoms with E-state index < -0.39 is 0 Å². The molecule has 0 unspecified atom stereocenters. The molecule has 1 fully saturated rings. The van der Waals surface area contributed by atoms with Crippen LogP contribution in [0.3, 0.4) is 0 Å². The van der Waals surface area contributed by atoms with Crippen molar-refractivity contribution in [1.82, 2.24) is 0 Å². The van der Waals surface area contributed by atoms with Crippen molar-refractivity contribution in [3.8, 4) is 0 Å². The molecule has 0 spiro atoms. The van der Waals surface area contributed by atoms with Gasteiger partial charge in [0.1, 0.15) is 0 Å². The fraction of sp³-hybridized carbons (Fsp3) is 0.500. The zero-order valence-corrected chi connectivity index (χ0v) is 14.5. The number of Topliss-reactive ketones (excluding diaryl/α,β-unsaturated/α-hetero) is 1. The lowest BCUT2D eigenvalue weighted by Gasteiger charge is -2.07. The van der Waals surface area contributed by atoms with Gasteiger partial charge in [-0.3, -0.25) is 9.79 Å². The van der Waals surface area contributed by atoms with Gasteiger partial charge in [-0.05, 0) is 52.0 Å². The Bertz CT molecular complexity index is 576. The molecule has 1 saturated carbocycles. The summed E-state index contributed by atoms with van der Waals surface area (Å²) in [5.41, 5.74) is 4.37. The highest BCUT2D eigenvalue weighted by molar-refractivity contribution is 5.99. The molecule has 2 rings (SSSR count). The van der Waals surface area contributed by atoms with Crippen LogP contribution < -0.4 is 0 Å². The van der Waals surface area contributed by atoms with Crippen molar-refractivity contribution in [2.75, 3.05) is 6.61 Å². The highest BCUT2D eigenvalue weighted by Crippen LogP contribution is 2.32. The lowest BCUT2D eigenvalue weighted by Crippen LogP contribution is -2.02. The quantitative estimate of drug-likeness (QED) is 0.367. The number of carbonyl (C=O) groups excluding carboxylic acids is 1. The predicted molar refractivity (Wildman–Crippen MR) is 94.9 cm³/mol. The van der Waals surface area contributed by atoms with E-state index in [9.17, 15) is 4.79 Å². The number of ether oxygens (including phenoxy) is 1. The molecule has 0 atom stereocenters. The highest BCUT2D eigenvalue weighted by atomic mass is 16.5. The Labute approximate surface area is 139 Å². The number of benzene rings is 1. The Hall–Kier alpha value is -1.74. The van der Waals surface area contributed by atoms with Crippen LogP contribution in [0.1, 0.15) is 62.4 Å². The van der Waals surface area contributed by atoms with Crippen LogP contribution in [0.25, 0.3) is 0 Å². The van der Waals surface area contributed by atoms with E-state index in [1.54, 1.807) is 0 Å². The van der Waals surface area contributed by atoms with Gasteiger partial charge in [-0.1, -0.05) is 29.8 Å². The fourth-order valence-corrected chi connectivity index (χ4v) is 2.48. The molecule has 124 valence electrons. The van der Waals surface area contributed by atoms with Crippen molar-refractivity contribution in [3.05, 3.63) is 46.7 Å². The molecule has 1 aliphatic carbocycles. The molecule has 1 aromatic rings. The van der Waals surface area contributed by atoms with Crippen LogP contribution in [0.5, 0.6) is 0 Å². The minimum Gasteiger partial charge on any atom is -0.377 e. The van der Waals surface area contributed by atoms with Crippen LogP contribution in [-0.2, 0) is 11.3 Å². The third-order valence-electron chi connectivity index (χ3n) is 4.02. The summed E-state index contributed by atoms with van der Waals surface area (Å²) in [7, 11) is 0. The van der Waals surface area contributed by atoms with E-state index in [0.29, 0.717) is 12.4 Å². The summed E-state index contributed by atoms with van der Waals surface area (Å²) in [4.78, 5) is 16.3. The van der Waals surface area contributed by atoms with Crippen molar-refractivity contribution in [3.63, 3.8) is 0 Å². The van der Waals surface area contributed by atoms with E-state index in [-0.39, 0.29) is 5.92 Å². The third-order valence-corrected chi connectivity index (χ3v) is 4.02. The summed E-state index contributed by atoms with van der Waals surface area (Å²) in [6.07, 6.45) is 5.87. The molecule has 1 aliphatic rings. The topological polar surface area (TPSA) is 38.7 Å². The van der Waals surface area contributed by atoms with Crippen LogP contribution in [-0.4, -0.2) is 18.6 Å². The lowest BCUT2D eigenvalue weighted by atomic mass is 10.1. The van der Waals surface area contributed by atoms with E-state index in [2.05, 4.69) is 18.8 Å². The summed E-state index contributed by atoms with van der Waals surface area (Å²) < 4.78 is 5.73. The maximum absolute atomic E-state index is 11.9. The molecule has 0 bridgehead atoms. The van der Waals surface area contributed by atoms with Gasteiger partial charge in [-0.15, -0.1) is 0 Å². The number of ketones is 1. The number of rotatable bonds is 9. The molecular weight excluding hydrogens is 286 g/mol. The average molecular weight is 313 g/mol. The molecule has 0 aliphatic heterocycles. The largest absolute Gasteiger partial charge is 0.377 e. The number of allylic oxidation sites excluding steroid dienone is 2. The zero-order chi connectivity index (χ0) is 16.7. The SMILES string of the molecule is CC=NC(CCCOCc1ccc(C(=O)C2CC2)cc1)=C(C)C. The Morgan fingerprint density at radius 2 is 1.96 bits per heavy atom. The Kier molecular flexibility index (Phi) is 6.72. The molecule has 0 radical (unpaired) electrons. The molecule has 0 saturated heterocycles. The van der Waals surface area contributed by atoms with Gasteiger partial charge in [-0.2, -0.15) is 0 Å². The Balaban J connectivity index is 1.70. The molecule has 23 heavy (non-hydrogen) atoms. The van der Waals surface area contributed by atoms with Gasteiger partial charge in [0, 0.05) is 30.0 Å². The number of aliphatic imine (C=N–C) groups is 1. The number of hydrogen-bond acceptors (Lipinski definition) is 3. The number of carbonyl (C=O) groups is 1. The van der Waals surface area contributed by atoms with Crippen molar-refractivity contribution in [1.29, 1.82) is 0 Å². The second-order valence-corrected chi connectivity index (χ2v) is 6.33. The molecule has 0 aromatic heterocycles. The maximum atomic E-state index is 11.9. The van der Waals surface area contributed by atoms with Gasteiger partial charge in [0.05, 0.1) is 6.61 Å². The van der Waals surface area contributed by atoms with E-state index in [4.69, 9.17) is 4.74 Å². The predicted octanol–water partition coefficient (Wildman–Crippen LogP) is 4.96. The lowest BCUT2D eigenvalue weighted by molar-refractivity contribution is 0.0967. The monoisotopic (exact) mass is 313 g/mol. The summed E-state index contributed by atoms with van der Waals surface area (Å²) in [5, 5.41) is 0. The first kappa shape index (κ1) is 17.6. The molecule has 0 amide bonds. The van der Waals surface area contributed by atoms with Crippen molar-refractivity contribution in [2.24, 2.45) is 10.9 Å². The minimum absolute atomic E-state index is 0.284. The molecular formula is C20H27NO2. The second-order valence-electron chi connectivity index (χ2n) is 6.33. The van der Waals surface area contributed by atoms with Gasteiger partial charge >= 0.3 is 0 Å². The molecule has 0 N–H and O–H groups in total. The van der Waals surface area contributed by atoms with Crippen molar-refractivity contribution < 1.29 is 9.53 Å². The van der Waals surface area contributed by atoms with Gasteiger partial charge in [0.2, 0.25) is 0 Å². The van der Waals surface area contributed by atoms with Crippen LogP contribution in [0.15, 0.2) is 40.5 Å². The fourth-order valence-electron chi connectivity index (χ4n) is 2.48. The summed E-state index contributed by atoms with van der Waals surface area (Å²) >= 11 is 0. The van der Waals surface area contributed by atoms with Gasteiger partial charge in [0.15, 0.2) is 5.78 Å². The summed E-state index contributed by atoms with van der Waals surface area (Å²) in [6, 6.07) is 7.85. The van der Waals surface area contributed by atoms with Crippen LogP contribution >= 0.6 is 0 Å². The second kappa shape index (κ2) is 8.78. The first-order valence-corrected chi connectivity index (χ1v) is 8.47. The number of hydrogen-bond donors (Lipinski definition) is 0. The first-order chi connectivity index (χ1) is 11.1. The minimum atomic E-state index is 0.284. The van der Waals surface area contributed by atoms with E-state index in [1.807, 2.05) is 37.4 Å². The zero-order valence-electron chi connectivity index (χ0n) is 14.5. The van der Waals surface area contributed by atoms with Gasteiger partial charge < -0.3 is 4.74 Å². The first-order valence-electron chi connectivity index (χ1n) is 8.47. The molecule has 1 aromatic carbocycles. The standard InChI is InChI=1S/C20H27NO2/c1-4-21-19(15(2)3)6-5-13-23-14-16-7-9-17(10-8-16)20(22)18-11-12-18/h4,7-10,18H,5-6,11-14H2,1-3H3. The molecule has 3 heteroatoms. The van der Waals surface area contributed by atoms with E-state index in [0.717, 1.165) is 49.1 Å². The molecule has 3 nitrogen and oxygen atoms in total. The summed E-state index contributed by atoms with van der Waals surface area (Å²) in [5.74, 6) is 0.579. The smallest absolute Gasteiger partial charge is 0.165 e. The Morgan fingerprint density at radius 1 is 1.26 bits per heavy atom. The van der Waals surface area contributed by atoms with E-state index in [1.165, 1.54) is 5.57 Å². The highest BCUT2D eigenvalue weighted by Gasteiger charge is 2.30.